The minimum Gasteiger partial charge on any atom is -0.478 e. The number of nitrogens with one attached hydrogen (secondary N) is 1. The predicted molar refractivity (Wildman–Crippen MR) is 65.7 cm³/mol. The zero-order chi connectivity index (χ0) is 12.9. The van der Waals surface area contributed by atoms with Gasteiger partial charge in [0.25, 0.3) is 0 Å². The lowest BCUT2D eigenvalue weighted by Crippen LogP contribution is -2.44. The van der Waals surface area contributed by atoms with E-state index in [1.165, 1.54) is 0 Å². The third kappa shape index (κ3) is 3.41. The van der Waals surface area contributed by atoms with Crippen LogP contribution in [-0.4, -0.2) is 29.3 Å². The maximum Gasteiger partial charge on any atom is 0.332 e. The van der Waals surface area contributed by atoms with Crippen LogP contribution in [0.15, 0.2) is 42.5 Å². The highest BCUT2D eigenvalue weighted by Gasteiger charge is 2.25. The lowest BCUT2D eigenvalue weighted by molar-refractivity contribution is -0.132. The van der Waals surface area contributed by atoms with E-state index < -0.39 is 11.5 Å². The molecule has 17 heavy (non-hydrogen) atoms. The number of carbonyl (C=O) groups is 1. The molecule has 0 spiro atoms. The number of aliphatic carboxylic acids is 1. The Bertz CT molecular complexity index is 402. The van der Waals surface area contributed by atoms with Crippen molar-refractivity contribution in [1.82, 2.24) is 5.32 Å². The van der Waals surface area contributed by atoms with Gasteiger partial charge in [0.1, 0.15) is 0 Å². The number of aliphatic hydroxyl groups is 1. The SMILES string of the molecule is C=C(CNC(C)(CO)c1ccccc1)C(=O)O. The van der Waals surface area contributed by atoms with Crippen LogP contribution < -0.4 is 5.32 Å². The Morgan fingerprint density at radius 2 is 2.00 bits per heavy atom. The smallest absolute Gasteiger partial charge is 0.332 e. The van der Waals surface area contributed by atoms with E-state index >= 15 is 0 Å². The van der Waals surface area contributed by atoms with Gasteiger partial charge in [0, 0.05) is 12.1 Å². The van der Waals surface area contributed by atoms with Gasteiger partial charge in [-0.15, -0.1) is 0 Å². The first-order chi connectivity index (χ1) is 7.99. The second-order valence-electron chi connectivity index (χ2n) is 4.12. The summed E-state index contributed by atoms with van der Waals surface area (Å²) in [5.74, 6) is -1.04. The molecule has 0 aliphatic heterocycles. The third-order valence-electron chi connectivity index (χ3n) is 2.72. The summed E-state index contributed by atoms with van der Waals surface area (Å²) in [6.45, 7) is 5.26. The first-order valence-electron chi connectivity index (χ1n) is 5.32. The highest BCUT2D eigenvalue weighted by Crippen LogP contribution is 2.19. The summed E-state index contributed by atoms with van der Waals surface area (Å²) < 4.78 is 0. The van der Waals surface area contributed by atoms with Crippen molar-refractivity contribution >= 4 is 5.97 Å². The molecular formula is C13H17NO3. The van der Waals surface area contributed by atoms with Crippen molar-refractivity contribution in [2.45, 2.75) is 12.5 Å². The van der Waals surface area contributed by atoms with Gasteiger partial charge < -0.3 is 15.5 Å². The van der Waals surface area contributed by atoms with E-state index in [0.717, 1.165) is 5.56 Å². The van der Waals surface area contributed by atoms with Crippen molar-refractivity contribution in [3.05, 3.63) is 48.0 Å². The summed E-state index contributed by atoms with van der Waals surface area (Å²) in [6, 6.07) is 9.39. The van der Waals surface area contributed by atoms with E-state index in [9.17, 15) is 9.90 Å². The number of hydrogen-bond acceptors (Lipinski definition) is 3. The Morgan fingerprint density at radius 3 is 2.47 bits per heavy atom. The van der Waals surface area contributed by atoms with Gasteiger partial charge in [-0.3, -0.25) is 0 Å². The van der Waals surface area contributed by atoms with Crippen LogP contribution in [0.5, 0.6) is 0 Å². The van der Waals surface area contributed by atoms with Crippen LogP contribution in [0.25, 0.3) is 0 Å². The lowest BCUT2D eigenvalue weighted by atomic mass is 9.92. The van der Waals surface area contributed by atoms with Crippen molar-refractivity contribution in [2.75, 3.05) is 13.2 Å². The van der Waals surface area contributed by atoms with Gasteiger partial charge in [-0.1, -0.05) is 36.9 Å². The highest BCUT2D eigenvalue weighted by molar-refractivity contribution is 5.86. The van der Waals surface area contributed by atoms with E-state index in [2.05, 4.69) is 11.9 Å². The molecule has 0 radical (unpaired) electrons. The Hall–Kier alpha value is -1.65. The molecule has 1 aromatic rings. The quantitative estimate of drug-likeness (QED) is 0.646. The molecule has 3 N–H and O–H groups in total. The van der Waals surface area contributed by atoms with Crippen molar-refractivity contribution in [3.8, 4) is 0 Å². The monoisotopic (exact) mass is 235 g/mol. The largest absolute Gasteiger partial charge is 0.478 e. The lowest BCUT2D eigenvalue weighted by Gasteiger charge is -2.29. The van der Waals surface area contributed by atoms with Gasteiger partial charge in [0.15, 0.2) is 0 Å². The van der Waals surface area contributed by atoms with Crippen molar-refractivity contribution in [1.29, 1.82) is 0 Å². The predicted octanol–water partition coefficient (Wildman–Crippen LogP) is 1.12. The normalized spacial score (nSPS) is 14.0. The van der Waals surface area contributed by atoms with Crippen molar-refractivity contribution in [2.24, 2.45) is 0 Å². The number of hydrogen-bond donors (Lipinski definition) is 3. The highest BCUT2D eigenvalue weighted by atomic mass is 16.4. The zero-order valence-corrected chi connectivity index (χ0v) is 9.81. The minimum absolute atomic E-state index is 0.0700. The van der Waals surface area contributed by atoms with E-state index in [0.29, 0.717) is 0 Å². The molecule has 0 bridgehead atoms. The molecule has 0 saturated heterocycles. The van der Waals surface area contributed by atoms with Gasteiger partial charge in [0.2, 0.25) is 0 Å². The molecule has 0 amide bonds. The molecule has 4 heteroatoms. The molecule has 4 nitrogen and oxygen atoms in total. The van der Waals surface area contributed by atoms with Gasteiger partial charge in [-0.25, -0.2) is 4.79 Å². The summed E-state index contributed by atoms with van der Waals surface area (Å²) in [5, 5.41) is 21.2. The van der Waals surface area contributed by atoms with Crippen LogP contribution in [0.3, 0.4) is 0 Å². The van der Waals surface area contributed by atoms with E-state index in [1.54, 1.807) is 0 Å². The van der Waals surface area contributed by atoms with Crippen LogP contribution in [0, 0.1) is 0 Å². The van der Waals surface area contributed by atoms with Crippen LogP contribution in [0.1, 0.15) is 12.5 Å². The molecule has 1 unspecified atom stereocenters. The second kappa shape index (κ2) is 5.61. The number of benzene rings is 1. The first-order valence-corrected chi connectivity index (χ1v) is 5.32. The summed E-state index contributed by atoms with van der Waals surface area (Å²) >= 11 is 0. The minimum atomic E-state index is -1.04. The standard InChI is InChI=1S/C13H17NO3/c1-10(12(16)17)8-14-13(2,9-15)11-6-4-3-5-7-11/h3-7,14-15H,1,8-9H2,2H3,(H,16,17). The number of carboxylic acids is 1. The Kier molecular flexibility index (Phi) is 4.43. The zero-order valence-electron chi connectivity index (χ0n) is 9.81. The fraction of sp³-hybridized carbons (Fsp3) is 0.308. The summed E-state index contributed by atoms with van der Waals surface area (Å²) in [6.07, 6.45) is 0. The van der Waals surface area contributed by atoms with Gasteiger partial charge in [-0.05, 0) is 12.5 Å². The average Bonchev–Trinajstić information content (AvgIpc) is 2.36. The van der Waals surface area contributed by atoms with Gasteiger partial charge in [-0.2, -0.15) is 0 Å². The van der Waals surface area contributed by atoms with E-state index in [-0.39, 0.29) is 18.7 Å². The molecule has 1 atom stereocenters. The molecule has 1 rings (SSSR count). The molecule has 0 aliphatic rings. The first kappa shape index (κ1) is 13.4. The van der Waals surface area contributed by atoms with Crippen molar-refractivity contribution in [3.63, 3.8) is 0 Å². The fourth-order valence-electron chi connectivity index (χ4n) is 1.43. The number of rotatable bonds is 6. The molecular weight excluding hydrogens is 218 g/mol. The third-order valence-corrected chi connectivity index (χ3v) is 2.72. The summed E-state index contributed by atoms with van der Waals surface area (Å²) in [7, 11) is 0. The molecule has 92 valence electrons. The fourth-order valence-corrected chi connectivity index (χ4v) is 1.43. The Morgan fingerprint density at radius 1 is 1.41 bits per heavy atom. The Labute approximate surface area is 101 Å². The number of carboxylic acid groups (broad SMARTS) is 1. The van der Waals surface area contributed by atoms with Gasteiger partial charge in [0.05, 0.1) is 12.1 Å². The van der Waals surface area contributed by atoms with Crippen LogP contribution >= 0.6 is 0 Å². The van der Waals surface area contributed by atoms with Crippen molar-refractivity contribution < 1.29 is 15.0 Å². The maximum atomic E-state index is 10.6. The molecule has 0 saturated carbocycles. The van der Waals surface area contributed by atoms with E-state index in [4.69, 9.17) is 5.11 Å². The van der Waals surface area contributed by atoms with Crippen LogP contribution in [0.4, 0.5) is 0 Å². The molecule has 1 aromatic carbocycles. The maximum absolute atomic E-state index is 10.6. The topological polar surface area (TPSA) is 69.6 Å². The average molecular weight is 235 g/mol. The molecule has 0 aliphatic carbocycles. The molecule has 0 aromatic heterocycles. The summed E-state index contributed by atoms with van der Waals surface area (Å²) in [5.41, 5.74) is 0.306. The Balaban J connectivity index is 2.77. The number of aliphatic hydroxyl groups excluding tert-OH is 1. The second-order valence-corrected chi connectivity index (χ2v) is 4.12. The molecule has 0 fully saturated rings. The van der Waals surface area contributed by atoms with Gasteiger partial charge >= 0.3 is 5.97 Å². The van der Waals surface area contributed by atoms with Crippen LogP contribution in [-0.2, 0) is 10.3 Å². The summed E-state index contributed by atoms with van der Waals surface area (Å²) in [4.78, 5) is 10.6. The molecule has 0 heterocycles. The van der Waals surface area contributed by atoms with Crippen LogP contribution in [0.2, 0.25) is 0 Å². The van der Waals surface area contributed by atoms with E-state index in [1.807, 2.05) is 37.3 Å².